The van der Waals surface area contributed by atoms with Gasteiger partial charge in [-0.25, -0.2) is 5.48 Å². The first kappa shape index (κ1) is 11.3. The Morgan fingerprint density at radius 3 is 2.71 bits per heavy atom. The quantitative estimate of drug-likeness (QED) is 0.580. The van der Waals surface area contributed by atoms with Crippen LogP contribution in [0.1, 0.15) is 38.0 Å². The molecule has 0 bridgehead atoms. The van der Waals surface area contributed by atoms with E-state index in [0.29, 0.717) is 6.61 Å². The van der Waals surface area contributed by atoms with Crippen LogP contribution in [0.25, 0.3) is 0 Å². The van der Waals surface area contributed by atoms with Gasteiger partial charge in [-0.15, -0.1) is 0 Å². The van der Waals surface area contributed by atoms with Gasteiger partial charge in [0.1, 0.15) is 0 Å². The number of hydroxylamine groups is 1. The lowest BCUT2D eigenvalue weighted by Crippen LogP contribution is -2.23. The smallest absolute Gasteiger partial charge is 0.274 e. The Labute approximate surface area is 96.9 Å². The molecule has 0 spiro atoms. The molecule has 6 nitrogen and oxygen atoms in total. The number of hydrogen-bond acceptors (Lipinski definition) is 4. The second kappa shape index (κ2) is 4.34. The zero-order valence-electron chi connectivity index (χ0n) is 9.07. The van der Waals surface area contributed by atoms with Crippen LogP contribution in [0.3, 0.4) is 0 Å². The average molecular weight is 234 g/mol. The number of rotatable bonds is 3. The van der Waals surface area contributed by atoms with E-state index in [0.717, 1.165) is 0 Å². The highest BCUT2D eigenvalue weighted by atomic mass is 16.6. The van der Waals surface area contributed by atoms with E-state index in [9.17, 15) is 14.4 Å². The molecule has 2 rings (SSSR count). The molecule has 0 aromatic heterocycles. The molecule has 0 saturated carbocycles. The van der Waals surface area contributed by atoms with Gasteiger partial charge in [0.2, 0.25) is 0 Å². The van der Waals surface area contributed by atoms with Crippen molar-refractivity contribution in [2.24, 2.45) is 0 Å². The number of carbonyl (C=O) groups is 3. The fourth-order valence-corrected chi connectivity index (χ4v) is 1.51. The van der Waals surface area contributed by atoms with Crippen molar-refractivity contribution in [2.45, 2.75) is 6.92 Å². The van der Waals surface area contributed by atoms with Crippen molar-refractivity contribution in [3.8, 4) is 0 Å². The summed E-state index contributed by atoms with van der Waals surface area (Å²) < 4.78 is 0. The third kappa shape index (κ3) is 2.02. The highest BCUT2D eigenvalue weighted by Gasteiger charge is 2.27. The van der Waals surface area contributed by atoms with Gasteiger partial charge in [0.25, 0.3) is 17.7 Å². The topological polar surface area (TPSA) is 84.5 Å². The lowest BCUT2D eigenvalue weighted by Gasteiger charge is -2.04. The van der Waals surface area contributed by atoms with E-state index in [-0.39, 0.29) is 16.7 Å². The Kier molecular flexibility index (Phi) is 2.88. The fourth-order valence-electron chi connectivity index (χ4n) is 1.51. The van der Waals surface area contributed by atoms with Gasteiger partial charge in [-0.1, -0.05) is 0 Å². The molecule has 1 aliphatic rings. The zero-order valence-corrected chi connectivity index (χ0v) is 9.07. The van der Waals surface area contributed by atoms with Crippen molar-refractivity contribution in [1.82, 2.24) is 10.8 Å². The van der Waals surface area contributed by atoms with Gasteiger partial charge >= 0.3 is 0 Å². The molecule has 1 aliphatic heterocycles. The predicted octanol–water partition coefficient (Wildman–Crippen LogP) is 0.252. The van der Waals surface area contributed by atoms with Crippen LogP contribution in [0.15, 0.2) is 18.2 Å². The minimum atomic E-state index is -0.490. The maximum absolute atomic E-state index is 11.5. The first-order valence-electron chi connectivity index (χ1n) is 5.05. The molecular weight excluding hydrogens is 224 g/mol. The van der Waals surface area contributed by atoms with Crippen LogP contribution in [0.5, 0.6) is 0 Å². The molecule has 1 heterocycles. The molecule has 6 heteroatoms. The summed E-state index contributed by atoms with van der Waals surface area (Å²) in [6.45, 7) is 2.07. The monoisotopic (exact) mass is 234 g/mol. The van der Waals surface area contributed by atoms with Gasteiger partial charge in [0.15, 0.2) is 0 Å². The molecule has 0 unspecified atom stereocenters. The minimum absolute atomic E-state index is 0.208. The Morgan fingerprint density at radius 2 is 2.00 bits per heavy atom. The highest BCUT2D eigenvalue weighted by Crippen LogP contribution is 2.17. The number of imide groups is 1. The Balaban J connectivity index is 2.28. The number of amides is 3. The number of fused-ring (bicyclic) bond motifs is 1. The number of carbonyl (C=O) groups excluding carboxylic acids is 3. The van der Waals surface area contributed by atoms with E-state index >= 15 is 0 Å². The third-order valence-corrected chi connectivity index (χ3v) is 2.31. The zero-order chi connectivity index (χ0) is 12.4. The van der Waals surface area contributed by atoms with E-state index in [2.05, 4.69) is 10.8 Å². The van der Waals surface area contributed by atoms with Crippen molar-refractivity contribution >= 4 is 17.7 Å². The molecule has 0 fully saturated rings. The summed E-state index contributed by atoms with van der Waals surface area (Å²) in [7, 11) is 0. The standard InChI is InChI=1S/C11H10N2O4/c1-2-17-13-9(14)6-3-4-7-8(5-6)11(16)12-10(7)15/h3-5H,2H2,1H3,(H,13,14)(H,12,15,16). The van der Waals surface area contributed by atoms with Gasteiger partial charge in [0, 0.05) is 5.56 Å². The average Bonchev–Trinajstić information content (AvgIpc) is 2.61. The lowest BCUT2D eigenvalue weighted by molar-refractivity contribution is 0.0364. The molecule has 2 N–H and O–H groups in total. The van der Waals surface area contributed by atoms with Crippen LogP contribution in [-0.2, 0) is 4.84 Å². The van der Waals surface area contributed by atoms with E-state index in [1.165, 1.54) is 18.2 Å². The summed E-state index contributed by atoms with van der Waals surface area (Å²) in [6.07, 6.45) is 0. The van der Waals surface area contributed by atoms with Gasteiger partial charge in [-0.05, 0) is 25.1 Å². The fraction of sp³-hybridized carbons (Fsp3) is 0.182. The molecule has 0 radical (unpaired) electrons. The van der Waals surface area contributed by atoms with Crippen molar-refractivity contribution in [3.05, 3.63) is 34.9 Å². The van der Waals surface area contributed by atoms with E-state index in [1.54, 1.807) is 6.92 Å². The number of hydrogen-bond donors (Lipinski definition) is 2. The summed E-state index contributed by atoms with van der Waals surface area (Å²) in [5, 5.41) is 2.15. The van der Waals surface area contributed by atoms with Crippen LogP contribution in [0.4, 0.5) is 0 Å². The molecule has 0 atom stereocenters. The number of nitrogens with one attached hydrogen (secondary N) is 2. The highest BCUT2D eigenvalue weighted by molar-refractivity contribution is 6.22. The summed E-state index contributed by atoms with van der Waals surface area (Å²) in [5.41, 5.74) is 2.96. The maximum atomic E-state index is 11.5. The normalized spacial score (nSPS) is 13.2. The second-order valence-electron chi connectivity index (χ2n) is 3.41. The molecular formula is C11H10N2O4. The minimum Gasteiger partial charge on any atom is -0.288 e. The Morgan fingerprint density at radius 1 is 1.29 bits per heavy atom. The number of benzene rings is 1. The SMILES string of the molecule is CCONC(=O)c1ccc2c(c1)C(=O)NC2=O. The van der Waals surface area contributed by atoms with Gasteiger partial charge < -0.3 is 0 Å². The van der Waals surface area contributed by atoms with Crippen LogP contribution in [-0.4, -0.2) is 24.3 Å². The van der Waals surface area contributed by atoms with Crippen molar-refractivity contribution < 1.29 is 19.2 Å². The van der Waals surface area contributed by atoms with E-state index in [4.69, 9.17) is 4.84 Å². The van der Waals surface area contributed by atoms with E-state index < -0.39 is 17.7 Å². The van der Waals surface area contributed by atoms with Crippen LogP contribution in [0.2, 0.25) is 0 Å². The predicted molar refractivity (Wildman–Crippen MR) is 57.3 cm³/mol. The first-order valence-corrected chi connectivity index (χ1v) is 5.05. The molecule has 17 heavy (non-hydrogen) atoms. The second-order valence-corrected chi connectivity index (χ2v) is 3.41. The van der Waals surface area contributed by atoms with Crippen molar-refractivity contribution in [3.63, 3.8) is 0 Å². The Hall–Kier alpha value is -2.21. The van der Waals surface area contributed by atoms with E-state index in [1.807, 2.05) is 0 Å². The van der Waals surface area contributed by atoms with Gasteiger partial charge in [-0.2, -0.15) is 0 Å². The van der Waals surface area contributed by atoms with Gasteiger partial charge in [-0.3, -0.25) is 24.5 Å². The van der Waals surface area contributed by atoms with Crippen LogP contribution >= 0.6 is 0 Å². The Bertz CT molecular complexity index is 510. The lowest BCUT2D eigenvalue weighted by atomic mass is 10.1. The molecule has 1 aromatic rings. The first-order chi connectivity index (χ1) is 8.13. The van der Waals surface area contributed by atoms with Crippen LogP contribution < -0.4 is 10.8 Å². The molecule has 0 saturated heterocycles. The summed E-state index contributed by atoms with van der Waals surface area (Å²) in [6, 6.07) is 4.27. The van der Waals surface area contributed by atoms with Crippen LogP contribution in [0, 0.1) is 0 Å². The largest absolute Gasteiger partial charge is 0.288 e. The molecule has 3 amide bonds. The molecule has 0 aliphatic carbocycles. The summed E-state index contributed by atoms with van der Waals surface area (Å²) in [4.78, 5) is 38.9. The van der Waals surface area contributed by atoms with Crippen molar-refractivity contribution in [2.75, 3.05) is 6.61 Å². The third-order valence-electron chi connectivity index (χ3n) is 2.31. The maximum Gasteiger partial charge on any atom is 0.274 e. The summed E-state index contributed by atoms with van der Waals surface area (Å²) >= 11 is 0. The molecule has 88 valence electrons. The van der Waals surface area contributed by atoms with Crippen molar-refractivity contribution in [1.29, 1.82) is 0 Å². The molecule has 1 aromatic carbocycles. The van der Waals surface area contributed by atoms with Gasteiger partial charge in [0.05, 0.1) is 17.7 Å². The summed E-state index contributed by atoms with van der Waals surface area (Å²) in [5.74, 6) is -1.39.